The van der Waals surface area contributed by atoms with E-state index >= 15 is 0 Å². The van der Waals surface area contributed by atoms with Gasteiger partial charge in [0.2, 0.25) is 12.1 Å². The summed E-state index contributed by atoms with van der Waals surface area (Å²) in [4.78, 5) is 13.6. The summed E-state index contributed by atoms with van der Waals surface area (Å²) < 4.78 is 1.50. The summed E-state index contributed by atoms with van der Waals surface area (Å²) in [5.41, 5.74) is 0. The molecular formula is C7H12N4O3. The lowest BCUT2D eigenvalue weighted by molar-refractivity contribution is -0.388. The summed E-state index contributed by atoms with van der Waals surface area (Å²) >= 11 is 0. The van der Waals surface area contributed by atoms with E-state index in [2.05, 4.69) is 10.3 Å². The number of imidazole rings is 1. The van der Waals surface area contributed by atoms with E-state index in [9.17, 15) is 10.1 Å². The zero-order chi connectivity index (χ0) is 10.7. The number of anilines is 1. The first kappa shape index (κ1) is 10.5. The van der Waals surface area contributed by atoms with E-state index in [-0.39, 0.29) is 12.4 Å². The summed E-state index contributed by atoms with van der Waals surface area (Å²) in [5.74, 6) is 0.0732. The normalized spacial score (nSPS) is 12.5. The molecule has 1 aromatic rings. The summed E-state index contributed by atoms with van der Waals surface area (Å²) in [6.07, 6.45) is 0.784. The molecule has 0 aliphatic carbocycles. The molecule has 0 amide bonds. The predicted octanol–water partition coefficient (Wildman–Crippen LogP) is 0.121. The van der Waals surface area contributed by atoms with E-state index in [0.29, 0.717) is 5.82 Å². The molecule has 7 heteroatoms. The van der Waals surface area contributed by atoms with Gasteiger partial charge in [-0.2, -0.15) is 0 Å². The van der Waals surface area contributed by atoms with Gasteiger partial charge < -0.3 is 20.5 Å². The number of aliphatic hydroxyl groups is 1. The van der Waals surface area contributed by atoms with Crippen molar-refractivity contribution in [1.29, 1.82) is 0 Å². The maximum absolute atomic E-state index is 10.5. The van der Waals surface area contributed by atoms with Crippen LogP contribution in [-0.2, 0) is 7.05 Å². The van der Waals surface area contributed by atoms with Crippen molar-refractivity contribution in [3.05, 3.63) is 16.4 Å². The third-order valence-corrected chi connectivity index (χ3v) is 1.66. The molecule has 78 valence electrons. The molecule has 0 bridgehead atoms. The highest BCUT2D eigenvalue weighted by Crippen LogP contribution is 2.20. The van der Waals surface area contributed by atoms with Crippen LogP contribution in [0.2, 0.25) is 0 Å². The monoisotopic (exact) mass is 200 g/mol. The number of nitrogens with one attached hydrogen (secondary N) is 1. The molecular weight excluding hydrogens is 188 g/mol. The highest BCUT2D eigenvalue weighted by Gasteiger charge is 2.19. The first-order chi connectivity index (χ1) is 6.52. The van der Waals surface area contributed by atoms with Gasteiger partial charge in [0, 0.05) is 13.6 Å². The maximum atomic E-state index is 10.5. The number of aliphatic hydroxyl groups excluding tert-OH is 1. The lowest BCUT2D eigenvalue weighted by Crippen LogP contribution is -2.17. The standard InChI is InChI=1S/C7H12N4O3/c1-5(12)3-8-6-7(11(13)14)9-4-10(6)2/h4-5,8,12H,3H2,1-2H3/t5-/m0/s1. The van der Waals surface area contributed by atoms with Crippen LogP contribution in [0.1, 0.15) is 6.92 Å². The van der Waals surface area contributed by atoms with Crippen LogP contribution in [0.25, 0.3) is 0 Å². The molecule has 1 aromatic heterocycles. The number of nitro groups is 1. The molecule has 0 unspecified atom stereocenters. The molecule has 0 saturated carbocycles. The summed E-state index contributed by atoms with van der Waals surface area (Å²) in [6.45, 7) is 1.84. The Bertz CT molecular complexity index is 334. The van der Waals surface area contributed by atoms with E-state index in [4.69, 9.17) is 5.11 Å². The first-order valence-electron chi connectivity index (χ1n) is 4.10. The smallest absolute Gasteiger partial charge is 0.392 e. The van der Waals surface area contributed by atoms with Crippen molar-refractivity contribution in [2.24, 2.45) is 7.05 Å². The molecule has 2 N–H and O–H groups in total. The van der Waals surface area contributed by atoms with Crippen molar-refractivity contribution >= 4 is 11.6 Å². The zero-order valence-electron chi connectivity index (χ0n) is 7.97. The second-order valence-corrected chi connectivity index (χ2v) is 3.01. The van der Waals surface area contributed by atoms with Crippen molar-refractivity contribution in [1.82, 2.24) is 9.55 Å². The van der Waals surface area contributed by atoms with Gasteiger partial charge in [0.1, 0.15) is 0 Å². The average molecular weight is 200 g/mol. The quantitative estimate of drug-likeness (QED) is 0.532. The first-order valence-corrected chi connectivity index (χ1v) is 4.10. The van der Waals surface area contributed by atoms with Crippen molar-refractivity contribution in [2.45, 2.75) is 13.0 Å². The predicted molar refractivity (Wildman–Crippen MR) is 50.0 cm³/mol. The number of aromatic nitrogens is 2. The Morgan fingerprint density at radius 3 is 3.00 bits per heavy atom. The highest BCUT2D eigenvalue weighted by molar-refractivity contribution is 5.51. The van der Waals surface area contributed by atoms with Gasteiger partial charge in [0.05, 0.1) is 6.10 Å². The SMILES string of the molecule is C[C@H](O)CNc1c([N+](=O)[O-])ncn1C. The van der Waals surface area contributed by atoms with Crippen molar-refractivity contribution in [3.63, 3.8) is 0 Å². The summed E-state index contributed by atoms with van der Waals surface area (Å²) in [7, 11) is 1.64. The third-order valence-electron chi connectivity index (χ3n) is 1.66. The topological polar surface area (TPSA) is 93.2 Å². The number of rotatable bonds is 4. The van der Waals surface area contributed by atoms with E-state index < -0.39 is 11.0 Å². The van der Waals surface area contributed by atoms with Crippen LogP contribution in [0.3, 0.4) is 0 Å². The lowest BCUT2D eigenvalue weighted by Gasteiger charge is -2.07. The van der Waals surface area contributed by atoms with Gasteiger partial charge in [0.15, 0.2) is 0 Å². The second-order valence-electron chi connectivity index (χ2n) is 3.01. The fourth-order valence-electron chi connectivity index (χ4n) is 1.000. The number of hydrogen-bond acceptors (Lipinski definition) is 5. The Hall–Kier alpha value is -1.63. The molecule has 0 aliphatic heterocycles. The van der Waals surface area contributed by atoms with Crippen LogP contribution < -0.4 is 5.32 Å². The van der Waals surface area contributed by atoms with Gasteiger partial charge in [-0.1, -0.05) is 0 Å². The molecule has 0 aliphatic rings. The molecule has 0 radical (unpaired) electrons. The Kier molecular flexibility index (Phi) is 3.03. The van der Waals surface area contributed by atoms with Crippen LogP contribution in [0.5, 0.6) is 0 Å². The molecule has 1 rings (SSSR count). The molecule has 1 atom stereocenters. The van der Waals surface area contributed by atoms with E-state index in [1.807, 2.05) is 0 Å². The largest absolute Gasteiger partial charge is 0.406 e. The van der Waals surface area contributed by atoms with Crippen molar-refractivity contribution in [2.75, 3.05) is 11.9 Å². The Morgan fingerprint density at radius 1 is 1.86 bits per heavy atom. The van der Waals surface area contributed by atoms with Crippen molar-refractivity contribution in [3.8, 4) is 0 Å². The van der Waals surface area contributed by atoms with Crippen molar-refractivity contribution < 1.29 is 10.0 Å². The van der Waals surface area contributed by atoms with Crippen LogP contribution in [0, 0.1) is 10.1 Å². The second kappa shape index (κ2) is 4.05. The maximum Gasteiger partial charge on any atom is 0.406 e. The van der Waals surface area contributed by atoms with E-state index in [1.165, 1.54) is 10.9 Å². The van der Waals surface area contributed by atoms with E-state index in [0.717, 1.165) is 0 Å². The fourth-order valence-corrected chi connectivity index (χ4v) is 1.000. The van der Waals surface area contributed by atoms with Crippen LogP contribution in [0.4, 0.5) is 11.6 Å². The molecule has 1 heterocycles. The lowest BCUT2D eigenvalue weighted by atomic mass is 10.4. The number of aryl methyl sites for hydroxylation is 1. The molecule has 14 heavy (non-hydrogen) atoms. The van der Waals surface area contributed by atoms with Crippen LogP contribution >= 0.6 is 0 Å². The van der Waals surface area contributed by atoms with Gasteiger partial charge >= 0.3 is 5.82 Å². The zero-order valence-corrected chi connectivity index (χ0v) is 7.97. The van der Waals surface area contributed by atoms with Crippen LogP contribution in [0.15, 0.2) is 6.33 Å². The van der Waals surface area contributed by atoms with Gasteiger partial charge in [0.25, 0.3) is 0 Å². The van der Waals surface area contributed by atoms with E-state index in [1.54, 1.807) is 14.0 Å². The van der Waals surface area contributed by atoms with Gasteiger partial charge in [-0.25, -0.2) is 0 Å². The Balaban J connectivity index is 2.83. The number of nitrogens with zero attached hydrogens (tertiary/aromatic N) is 3. The molecule has 0 aromatic carbocycles. The minimum absolute atomic E-state index is 0.229. The minimum Gasteiger partial charge on any atom is -0.392 e. The molecule has 0 fully saturated rings. The van der Waals surface area contributed by atoms with Crippen LogP contribution in [-0.4, -0.2) is 32.2 Å². The highest BCUT2D eigenvalue weighted by atomic mass is 16.6. The fraction of sp³-hybridized carbons (Fsp3) is 0.571. The minimum atomic E-state index is -0.565. The number of hydrogen-bond donors (Lipinski definition) is 2. The molecule has 7 nitrogen and oxygen atoms in total. The third kappa shape index (κ3) is 2.19. The molecule has 0 spiro atoms. The Labute approximate surface area is 80.5 Å². The average Bonchev–Trinajstić information content (AvgIpc) is 2.43. The summed E-state index contributed by atoms with van der Waals surface area (Å²) in [6, 6.07) is 0. The van der Waals surface area contributed by atoms with Gasteiger partial charge in [-0.3, -0.25) is 4.57 Å². The molecule has 0 saturated heterocycles. The van der Waals surface area contributed by atoms with Gasteiger partial charge in [-0.15, -0.1) is 0 Å². The Morgan fingerprint density at radius 2 is 2.50 bits per heavy atom. The summed E-state index contributed by atoms with van der Waals surface area (Å²) in [5, 5.41) is 22.3. The van der Waals surface area contributed by atoms with Gasteiger partial charge in [-0.05, 0) is 16.8 Å².